The van der Waals surface area contributed by atoms with Crippen molar-refractivity contribution < 1.29 is 52.9 Å². The van der Waals surface area contributed by atoms with Crippen molar-refractivity contribution in [2.75, 3.05) is 39.3 Å². The summed E-state index contributed by atoms with van der Waals surface area (Å²) >= 11 is 0. The Kier molecular flexibility index (Phi) is 10.5. The van der Waals surface area contributed by atoms with Crippen LogP contribution in [0.1, 0.15) is 86.1 Å². The summed E-state index contributed by atoms with van der Waals surface area (Å²) in [5.41, 5.74) is -3.08. The van der Waals surface area contributed by atoms with Crippen molar-refractivity contribution in [3.8, 4) is 0 Å². The number of likely N-dealkylation sites (tertiary alicyclic amines) is 4. The van der Waals surface area contributed by atoms with Gasteiger partial charge in [-0.2, -0.15) is 0 Å². The molecule has 3 N–H and O–H groups in total. The Morgan fingerprint density at radius 1 is 0.898 bits per heavy atom. The highest BCUT2D eigenvalue weighted by Gasteiger charge is 2.61. The highest BCUT2D eigenvalue weighted by Crippen LogP contribution is 2.41. The number of nitrogens with zero attached hydrogens (tertiary/aromatic N) is 6. The zero-order chi connectivity index (χ0) is 36.5. The lowest BCUT2D eigenvalue weighted by atomic mass is 9.85. The normalized spacial score (nSPS) is 24.6. The van der Waals surface area contributed by atoms with Gasteiger partial charge in [0, 0.05) is 13.1 Å². The first-order chi connectivity index (χ1) is 22.7. The van der Waals surface area contributed by atoms with E-state index < -0.39 is 58.5 Å². The molecule has 0 radical (unpaired) electrons. The summed E-state index contributed by atoms with van der Waals surface area (Å²) in [5.74, 6) is -2.01. The van der Waals surface area contributed by atoms with Gasteiger partial charge < -0.3 is 39.2 Å². The number of ether oxygens (including phenoxy) is 2. The van der Waals surface area contributed by atoms with E-state index in [9.17, 15) is 33.9 Å². The largest absolute Gasteiger partial charge is 0.480 e. The zero-order valence-electron chi connectivity index (χ0n) is 29.1. The van der Waals surface area contributed by atoms with Gasteiger partial charge in [-0.3, -0.25) is 29.0 Å². The Bertz CT molecular complexity index is 1440. The number of β-lactam (4-membered cyclic amide) rings is 2. The lowest BCUT2D eigenvalue weighted by Gasteiger charge is -2.50. The third-order valence-electron chi connectivity index (χ3n) is 8.58. The number of carboxylic acids is 1. The molecule has 2 unspecified atom stereocenters. The van der Waals surface area contributed by atoms with E-state index >= 15 is 0 Å². The van der Waals surface area contributed by atoms with Gasteiger partial charge in [-0.25, -0.2) is 9.59 Å². The number of rotatable bonds is 7. The molecule has 4 atom stereocenters. The fraction of sp³-hybridized carbons (Fsp3) is 0.742. The van der Waals surface area contributed by atoms with Crippen LogP contribution in [0.5, 0.6) is 0 Å². The van der Waals surface area contributed by atoms with Crippen molar-refractivity contribution in [3.63, 3.8) is 0 Å². The van der Waals surface area contributed by atoms with Crippen LogP contribution in [0.25, 0.3) is 0 Å². The fourth-order valence-electron chi connectivity index (χ4n) is 6.53. The average molecular weight is 694 g/mol. The van der Waals surface area contributed by atoms with Crippen molar-refractivity contribution in [2.45, 2.75) is 109 Å². The minimum absolute atomic E-state index is 0.0756. The van der Waals surface area contributed by atoms with E-state index in [1.54, 1.807) is 41.5 Å². The molecule has 4 aliphatic rings. The Balaban J connectivity index is 0.000000237. The van der Waals surface area contributed by atoms with Crippen molar-refractivity contribution >= 4 is 35.9 Å². The smallest absolute Gasteiger partial charge is 0.411 e. The minimum atomic E-state index is -1.05. The number of carboxylic acid groups (broad SMARTS) is 1. The lowest BCUT2D eigenvalue weighted by Crippen LogP contribution is -2.73. The monoisotopic (exact) mass is 693 g/mol. The third kappa shape index (κ3) is 8.05. The SMILES string of the molecule is CC(C)(C)OC(=O)N1CCCC12CN(CC(=O)O)C2=O.C[C@@H](O)[C@H](NC(=O)CN1CC2(CCCN2C(=O)OC(C)(C)C)C1=O)c1nnco1. The zero-order valence-corrected chi connectivity index (χ0v) is 29.1. The van der Waals surface area contributed by atoms with Crippen LogP contribution in [0.3, 0.4) is 0 Å². The Hall–Kier alpha value is -4.48. The van der Waals surface area contributed by atoms with Gasteiger partial charge in [0.1, 0.15) is 34.9 Å². The highest BCUT2D eigenvalue weighted by atomic mass is 16.6. The first-order valence-electron chi connectivity index (χ1n) is 16.2. The third-order valence-corrected chi connectivity index (χ3v) is 8.58. The number of amides is 5. The number of carbonyl (C=O) groups excluding carboxylic acids is 5. The topological polar surface area (TPSA) is 225 Å². The number of hydrogen-bond acceptors (Lipinski definition) is 12. The predicted molar refractivity (Wildman–Crippen MR) is 167 cm³/mol. The van der Waals surface area contributed by atoms with E-state index in [2.05, 4.69) is 15.5 Å². The Labute approximate surface area is 284 Å². The molecule has 0 aliphatic carbocycles. The van der Waals surface area contributed by atoms with E-state index in [-0.39, 0.29) is 43.9 Å². The van der Waals surface area contributed by atoms with Crippen LogP contribution in [-0.4, -0.2) is 144 Å². The number of hydrogen-bond donors (Lipinski definition) is 3. The van der Waals surface area contributed by atoms with Crippen molar-refractivity contribution in [1.29, 1.82) is 0 Å². The maximum Gasteiger partial charge on any atom is 0.411 e. The van der Waals surface area contributed by atoms with Crippen LogP contribution in [0.4, 0.5) is 9.59 Å². The molecule has 5 rings (SSSR count). The van der Waals surface area contributed by atoms with Crippen molar-refractivity contribution in [2.24, 2.45) is 0 Å². The first-order valence-corrected chi connectivity index (χ1v) is 16.2. The molecule has 49 heavy (non-hydrogen) atoms. The molecule has 1 aromatic rings. The quantitative estimate of drug-likeness (QED) is 0.338. The molecule has 272 valence electrons. The first kappa shape index (κ1) is 37.3. The molecular weight excluding hydrogens is 646 g/mol. The van der Waals surface area contributed by atoms with Crippen LogP contribution in [-0.2, 0) is 28.7 Å². The second-order valence-electron chi connectivity index (χ2n) is 14.8. The van der Waals surface area contributed by atoms with Crippen molar-refractivity contribution in [1.82, 2.24) is 35.1 Å². The van der Waals surface area contributed by atoms with Crippen LogP contribution in [0.15, 0.2) is 10.8 Å². The summed E-state index contributed by atoms with van der Waals surface area (Å²) in [7, 11) is 0. The van der Waals surface area contributed by atoms with E-state index in [4.69, 9.17) is 19.0 Å². The summed E-state index contributed by atoms with van der Waals surface area (Å²) in [5, 5.41) is 28.4. The second kappa shape index (κ2) is 13.8. The summed E-state index contributed by atoms with van der Waals surface area (Å²) in [4.78, 5) is 78.4. The van der Waals surface area contributed by atoms with Crippen LogP contribution >= 0.6 is 0 Å². The van der Waals surface area contributed by atoms with Crippen molar-refractivity contribution in [3.05, 3.63) is 12.3 Å². The molecule has 4 saturated heterocycles. The molecule has 2 spiro atoms. The van der Waals surface area contributed by atoms with E-state index in [1.165, 1.54) is 26.5 Å². The summed E-state index contributed by atoms with van der Waals surface area (Å²) in [6.45, 7) is 13.1. The number of nitrogens with one attached hydrogen (secondary N) is 1. The fourth-order valence-corrected chi connectivity index (χ4v) is 6.53. The van der Waals surface area contributed by atoms with Gasteiger partial charge >= 0.3 is 18.2 Å². The molecule has 0 saturated carbocycles. The molecule has 18 heteroatoms. The Morgan fingerprint density at radius 2 is 1.37 bits per heavy atom. The maximum atomic E-state index is 12.9. The van der Waals surface area contributed by atoms with Crippen LogP contribution < -0.4 is 5.32 Å². The Morgan fingerprint density at radius 3 is 1.73 bits per heavy atom. The van der Waals surface area contributed by atoms with Gasteiger partial charge in [-0.05, 0) is 74.1 Å². The summed E-state index contributed by atoms with van der Waals surface area (Å²) in [6, 6.07) is -0.875. The summed E-state index contributed by atoms with van der Waals surface area (Å²) in [6.07, 6.45) is 1.66. The van der Waals surface area contributed by atoms with Gasteiger partial charge in [0.2, 0.25) is 18.2 Å². The second-order valence-corrected chi connectivity index (χ2v) is 14.8. The van der Waals surface area contributed by atoms with Gasteiger partial charge in [-0.1, -0.05) is 0 Å². The molecule has 0 bridgehead atoms. The minimum Gasteiger partial charge on any atom is -0.480 e. The number of aliphatic hydroxyl groups is 1. The highest BCUT2D eigenvalue weighted by molar-refractivity contribution is 5.99. The maximum absolute atomic E-state index is 12.9. The van der Waals surface area contributed by atoms with Gasteiger partial charge in [-0.15, -0.1) is 10.2 Å². The molecule has 0 aromatic carbocycles. The molecule has 4 aliphatic heterocycles. The predicted octanol–water partition coefficient (Wildman–Crippen LogP) is 0.903. The summed E-state index contributed by atoms with van der Waals surface area (Å²) < 4.78 is 15.8. The van der Waals surface area contributed by atoms with Gasteiger partial charge in [0.05, 0.1) is 25.7 Å². The van der Waals surface area contributed by atoms with E-state index in [1.807, 2.05) is 0 Å². The molecule has 5 amide bonds. The number of carbonyl (C=O) groups is 6. The molecular formula is C31H47N7O11. The molecule has 4 fully saturated rings. The molecule has 18 nitrogen and oxygen atoms in total. The van der Waals surface area contributed by atoms with Crippen LogP contribution in [0.2, 0.25) is 0 Å². The van der Waals surface area contributed by atoms with E-state index in [0.717, 1.165) is 12.8 Å². The van der Waals surface area contributed by atoms with E-state index in [0.29, 0.717) is 32.4 Å². The lowest BCUT2D eigenvalue weighted by molar-refractivity contribution is -0.165. The standard InChI is InChI=1S/C18H27N5O6.C13H20N2O5/c1-11(24)13(14-21-19-10-28-14)20-12(25)8-22-9-18(15(22)26)6-5-7-23(18)16(27)29-17(2,3)4;1-12(2,3)20-11(19)15-6-4-5-13(15)8-14(10(13)18)7-9(16)17/h10-11,13,24H,5-9H2,1-4H3,(H,20,25);4-8H2,1-3H3,(H,16,17)/t11-,13+,18?;/m1./s1. The molecule has 5 heterocycles. The van der Waals surface area contributed by atoms with Crippen LogP contribution in [0, 0.1) is 0 Å². The number of aromatic nitrogens is 2. The number of aliphatic hydroxyl groups excluding tert-OH is 1. The molecule has 1 aromatic heterocycles. The van der Waals surface area contributed by atoms with Gasteiger partial charge in [0.15, 0.2) is 0 Å². The average Bonchev–Trinajstić information content (AvgIpc) is 3.75. The van der Waals surface area contributed by atoms with Gasteiger partial charge in [0.25, 0.3) is 11.8 Å². The number of aliphatic carboxylic acids is 1.